The van der Waals surface area contributed by atoms with Gasteiger partial charge in [-0.2, -0.15) is 0 Å². The second-order valence-corrected chi connectivity index (χ2v) is 24.1. The molecule has 0 aliphatic carbocycles. The molecule has 540 valence electrons. The average molecular weight is 1410 g/mol. The van der Waals surface area contributed by atoms with Crippen molar-refractivity contribution in [1.82, 2.24) is 14.7 Å². The lowest BCUT2D eigenvalue weighted by atomic mass is 9.92. The number of phenols is 2. The van der Waals surface area contributed by atoms with Crippen molar-refractivity contribution in [3.8, 4) is 46.0 Å². The number of aryl methyl sites for hydroxylation is 1. The Morgan fingerprint density at radius 1 is 0.437 bits per heavy atom. The highest BCUT2D eigenvalue weighted by molar-refractivity contribution is 6.08. The van der Waals surface area contributed by atoms with E-state index in [1.165, 1.54) is 80.7 Å². The Kier molecular flexibility index (Phi) is 23.5. The van der Waals surface area contributed by atoms with Crippen LogP contribution in [0.15, 0.2) is 165 Å². The smallest absolute Gasteiger partial charge is 0.416 e. The summed E-state index contributed by atoms with van der Waals surface area (Å²) in [6, 6.07) is 29.4. The van der Waals surface area contributed by atoms with Gasteiger partial charge in [-0.05, 0) is 126 Å². The maximum Gasteiger partial charge on any atom is 0.416 e. The SMILES string of the molecule is C=CCOC(=O)N1c2cc(C)c(OC)cc2C(=O)N2CC=C(c3ccc(OC)cc3)C[C@H]2C1O.C=CCOC(=O)N1c2cc(O)c(OC)cc2C(=O)N2CC=C(c3ccc(OC)cc3)C[C@H]2C1O.C=CCOC(=O)N1c2cc(O)c(OC)cc2C(=O)N2CC=C(c3ccc(OC)cc3)C[C@H]2C1OC. The van der Waals surface area contributed by atoms with E-state index in [4.69, 9.17) is 47.4 Å². The van der Waals surface area contributed by atoms with Gasteiger partial charge in [0.1, 0.15) is 42.8 Å². The first-order chi connectivity index (χ1) is 49.7. The molecule has 6 aliphatic rings. The van der Waals surface area contributed by atoms with Crippen molar-refractivity contribution >= 4 is 69.8 Å². The number of aliphatic hydroxyl groups is 2. The third-order valence-corrected chi connectivity index (χ3v) is 18.4. The summed E-state index contributed by atoms with van der Waals surface area (Å²) >= 11 is 0. The Labute approximate surface area is 595 Å². The van der Waals surface area contributed by atoms with Gasteiger partial charge in [0.2, 0.25) is 0 Å². The number of phenolic OH excluding ortho intramolecular Hbond substituents is 2. The first-order valence-electron chi connectivity index (χ1n) is 32.7. The molecule has 0 radical (unpaired) electrons. The van der Waals surface area contributed by atoms with Gasteiger partial charge in [-0.15, -0.1) is 0 Å². The molecule has 0 bridgehead atoms. The number of fused-ring (bicyclic) bond motifs is 6. The van der Waals surface area contributed by atoms with Crippen molar-refractivity contribution in [2.45, 2.75) is 63.0 Å². The third-order valence-electron chi connectivity index (χ3n) is 18.4. The van der Waals surface area contributed by atoms with E-state index in [0.29, 0.717) is 37.3 Å². The molecule has 26 heteroatoms. The molecule has 26 nitrogen and oxygen atoms in total. The lowest BCUT2D eigenvalue weighted by molar-refractivity contribution is 0.0175. The molecule has 3 unspecified atom stereocenters. The van der Waals surface area contributed by atoms with Crippen LogP contribution in [0.25, 0.3) is 16.7 Å². The minimum Gasteiger partial charge on any atom is -0.504 e. The summed E-state index contributed by atoms with van der Waals surface area (Å²) in [5.74, 6) is 1.41. The summed E-state index contributed by atoms with van der Waals surface area (Å²) in [5.41, 5.74) is 7.53. The molecule has 0 saturated heterocycles. The van der Waals surface area contributed by atoms with Crippen LogP contribution in [-0.4, -0.2) is 197 Å². The zero-order chi connectivity index (χ0) is 73.9. The third kappa shape index (κ3) is 15.2. The van der Waals surface area contributed by atoms with E-state index >= 15 is 0 Å². The predicted molar refractivity (Wildman–Crippen MR) is 383 cm³/mol. The molecule has 6 aliphatic heterocycles. The van der Waals surface area contributed by atoms with Crippen LogP contribution in [0, 0.1) is 6.92 Å². The molecule has 0 aromatic heterocycles. The highest BCUT2D eigenvalue weighted by atomic mass is 16.6. The standard InChI is InChI=1S/C26H28N2O7.C26H28N2O6.C25H26N2O7/c1-5-12-35-26(31)28-20-15-22(29)23(33-3)14-19(20)24(30)27-11-10-17(13-21(27)25(28)34-4)16-6-8-18(32-2)9-7-16;1-5-12-34-26(31)28-21-13-16(2)23(33-4)15-20(21)24(29)27-11-10-18(14-22(27)25(28)30)17-6-8-19(32-3)9-7-17;1-4-11-34-25(31)27-19-14-21(28)22(33-3)13-18(19)23(29)26-10-9-16(12-20(26)24(27)30)15-5-7-17(32-2)8-6-15/h5-10,14-15,21,25,29H,1,11-13H2,2-4H3;5-10,13,15,22,25,30H,1,11-12,14H2,2-4H3;4-9,13-14,20,24,28,30H,1,10-12H2,2-3H3/t21-,25?;22-,25?;20-,24?/m000/s1. The van der Waals surface area contributed by atoms with Gasteiger partial charge in [-0.25, -0.2) is 29.1 Å². The maximum absolute atomic E-state index is 13.7. The number of nitrogens with zero attached hydrogens (tertiary/aromatic N) is 6. The maximum atomic E-state index is 13.7. The van der Waals surface area contributed by atoms with Gasteiger partial charge in [-0.1, -0.05) is 92.6 Å². The molecule has 6 aromatic carbocycles. The molecule has 12 rings (SSSR count). The number of rotatable bonds is 16. The molecule has 0 spiro atoms. The summed E-state index contributed by atoms with van der Waals surface area (Å²) < 4.78 is 53.2. The van der Waals surface area contributed by atoms with Crippen molar-refractivity contribution in [3.05, 3.63) is 204 Å². The minimum atomic E-state index is -1.43. The molecule has 6 amide bonds. The quantitative estimate of drug-likeness (QED) is 0.0517. The second-order valence-electron chi connectivity index (χ2n) is 24.1. The summed E-state index contributed by atoms with van der Waals surface area (Å²) in [5, 5.41) is 43.7. The number of anilines is 3. The first kappa shape index (κ1) is 74.0. The number of carbonyl (C=O) groups excluding carboxylic acids is 6. The van der Waals surface area contributed by atoms with Crippen molar-refractivity contribution in [2.24, 2.45) is 0 Å². The van der Waals surface area contributed by atoms with Crippen molar-refractivity contribution in [1.29, 1.82) is 0 Å². The van der Waals surface area contributed by atoms with Crippen molar-refractivity contribution in [3.63, 3.8) is 0 Å². The van der Waals surface area contributed by atoms with Crippen LogP contribution in [0.4, 0.5) is 31.4 Å². The van der Waals surface area contributed by atoms with Gasteiger partial charge in [-0.3, -0.25) is 14.4 Å². The molecular weight excluding hydrogens is 1330 g/mol. The van der Waals surface area contributed by atoms with Gasteiger partial charge in [0, 0.05) is 38.9 Å². The van der Waals surface area contributed by atoms with Crippen molar-refractivity contribution in [2.75, 3.05) is 104 Å². The van der Waals surface area contributed by atoms with Crippen LogP contribution in [0.1, 0.15) is 72.6 Å². The highest BCUT2D eigenvalue weighted by Crippen LogP contribution is 2.46. The van der Waals surface area contributed by atoms with E-state index in [9.17, 15) is 49.2 Å². The molecule has 0 saturated carbocycles. The number of hydrogen-bond acceptors (Lipinski definition) is 20. The van der Waals surface area contributed by atoms with Gasteiger partial charge >= 0.3 is 18.3 Å². The lowest BCUT2D eigenvalue weighted by Crippen LogP contribution is -2.55. The predicted octanol–water partition coefficient (Wildman–Crippen LogP) is 10.8. The van der Waals surface area contributed by atoms with E-state index in [1.807, 2.05) is 97.9 Å². The molecule has 103 heavy (non-hydrogen) atoms. The van der Waals surface area contributed by atoms with Gasteiger partial charge in [0.05, 0.1) is 94.5 Å². The Bertz CT molecular complexity index is 4130. The highest BCUT2D eigenvalue weighted by Gasteiger charge is 2.49. The fraction of sp³-hybridized carbons (Fsp3) is 0.299. The van der Waals surface area contributed by atoms with Gasteiger partial charge < -0.3 is 82.5 Å². The zero-order valence-electron chi connectivity index (χ0n) is 58.3. The summed E-state index contributed by atoms with van der Waals surface area (Å²) in [6.45, 7) is 13.2. The largest absolute Gasteiger partial charge is 0.504 e. The number of amides is 6. The molecule has 6 heterocycles. The van der Waals surface area contributed by atoms with Crippen LogP contribution in [0.3, 0.4) is 0 Å². The zero-order valence-corrected chi connectivity index (χ0v) is 58.3. The summed E-state index contributed by atoms with van der Waals surface area (Å²) in [7, 11) is 10.6. The van der Waals surface area contributed by atoms with Crippen LogP contribution in [-0.2, 0) is 18.9 Å². The van der Waals surface area contributed by atoms with Crippen LogP contribution < -0.4 is 43.1 Å². The summed E-state index contributed by atoms with van der Waals surface area (Å²) in [4.78, 5) is 88.3. The Hall–Kier alpha value is -11.7. The second kappa shape index (κ2) is 32.7. The normalized spacial score (nSPS) is 19.3. The van der Waals surface area contributed by atoms with E-state index < -0.39 is 61.0 Å². The number of methoxy groups -OCH3 is 7. The monoisotopic (exact) mass is 1410 g/mol. The number of ether oxygens (including phenoxy) is 10. The Morgan fingerprint density at radius 3 is 1.08 bits per heavy atom. The van der Waals surface area contributed by atoms with E-state index in [1.54, 1.807) is 43.3 Å². The Morgan fingerprint density at radius 2 is 0.748 bits per heavy atom. The first-order valence-corrected chi connectivity index (χ1v) is 32.7. The minimum absolute atomic E-state index is 0.0220. The number of aromatic hydroxyl groups is 2. The molecule has 6 atom stereocenters. The van der Waals surface area contributed by atoms with E-state index in [2.05, 4.69) is 19.7 Å². The molecule has 4 N–H and O–H groups in total. The fourth-order valence-corrected chi connectivity index (χ4v) is 13.2. The van der Waals surface area contributed by atoms with E-state index in [-0.39, 0.29) is 101 Å². The topological polar surface area (TPSA) is 295 Å². The molecule has 6 aromatic rings. The molecular formula is C77H82N6O20. The van der Waals surface area contributed by atoms with Crippen LogP contribution in [0.5, 0.6) is 46.0 Å². The van der Waals surface area contributed by atoms with Gasteiger partial charge in [0.15, 0.2) is 41.7 Å². The lowest BCUT2D eigenvalue weighted by Gasteiger charge is -2.40. The molecule has 0 fully saturated rings. The average Bonchev–Trinajstić information content (AvgIpc) is 1.62. The number of hydrogen-bond donors (Lipinski definition) is 4. The number of carbonyl (C=O) groups is 6. The summed E-state index contributed by atoms with van der Waals surface area (Å²) in [6.07, 6.45) is 5.28. The van der Waals surface area contributed by atoms with Gasteiger partial charge in [0.25, 0.3) is 17.7 Å². The van der Waals surface area contributed by atoms with Crippen LogP contribution >= 0.6 is 0 Å². The fourth-order valence-electron chi connectivity index (χ4n) is 13.2. The van der Waals surface area contributed by atoms with Crippen molar-refractivity contribution < 1.29 is 96.6 Å². The number of benzene rings is 6. The van der Waals surface area contributed by atoms with Crippen LogP contribution in [0.2, 0.25) is 0 Å². The van der Waals surface area contributed by atoms with E-state index in [0.717, 1.165) is 60.3 Å². The Balaban J connectivity index is 0.000000166. The number of aliphatic hydroxyl groups excluding tert-OH is 2.